The van der Waals surface area contributed by atoms with E-state index in [-0.39, 0.29) is 0 Å². The maximum Gasteiger partial charge on any atom is 0.0929 e. The van der Waals surface area contributed by atoms with Crippen LogP contribution >= 0.6 is 15.9 Å². The first-order valence-corrected chi connectivity index (χ1v) is 5.11. The van der Waals surface area contributed by atoms with Crippen LogP contribution in [0.5, 0.6) is 0 Å². The van der Waals surface area contributed by atoms with Gasteiger partial charge in [-0.15, -0.1) is 0 Å². The zero-order valence-corrected chi connectivity index (χ0v) is 9.32. The minimum atomic E-state index is 0.906. The third-order valence-corrected chi connectivity index (χ3v) is 2.47. The summed E-state index contributed by atoms with van der Waals surface area (Å²) >= 11 is 3.39. The molecule has 0 bridgehead atoms. The molecule has 0 fully saturated rings. The topological polar surface area (TPSA) is 25.8 Å². The number of nitrogens with zero attached hydrogens (tertiary/aromatic N) is 2. The molecule has 0 unspecified atom stereocenters. The molecule has 1 aromatic heterocycles. The molecule has 0 atom stereocenters. The first-order chi connectivity index (χ1) is 6.75. The third kappa shape index (κ3) is 1.99. The Bertz CT molecular complexity index is 377. The van der Waals surface area contributed by atoms with Crippen molar-refractivity contribution in [2.75, 3.05) is 0 Å². The molecule has 0 N–H and O–H groups in total. The van der Waals surface area contributed by atoms with Gasteiger partial charge < -0.3 is 0 Å². The Morgan fingerprint density at radius 2 is 1.64 bits per heavy atom. The summed E-state index contributed by atoms with van der Waals surface area (Å²) in [4.78, 5) is 0. The average Bonchev–Trinajstić information content (AvgIpc) is 2.21. The van der Waals surface area contributed by atoms with Crippen LogP contribution < -0.4 is 0 Å². The second-order valence-electron chi connectivity index (χ2n) is 3.07. The molecule has 0 aliphatic carbocycles. The quantitative estimate of drug-likeness (QED) is 0.775. The molecule has 70 valence electrons. The number of hydrogen-bond acceptors (Lipinski definition) is 2. The van der Waals surface area contributed by atoms with Gasteiger partial charge in [0.1, 0.15) is 0 Å². The van der Waals surface area contributed by atoms with Crippen LogP contribution in [0.1, 0.15) is 5.69 Å². The Kier molecular flexibility index (Phi) is 2.59. The Balaban J connectivity index is 2.40. The average molecular weight is 249 g/mol. The molecule has 3 heteroatoms. The lowest BCUT2D eigenvalue weighted by atomic mass is 10.1. The van der Waals surface area contributed by atoms with Crippen LogP contribution in [0.2, 0.25) is 0 Å². The molecule has 1 aromatic carbocycles. The van der Waals surface area contributed by atoms with Crippen LogP contribution in [0.3, 0.4) is 0 Å². The van der Waals surface area contributed by atoms with E-state index < -0.39 is 0 Å². The Hall–Kier alpha value is -1.22. The monoisotopic (exact) mass is 248 g/mol. The van der Waals surface area contributed by atoms with Crippen LogP contribution in [0.4, 0.5) is 0 Å². The Labute approximate surface area is 91.1 Å². The summed E-state index contributed by atoms with van der Waals surface area (Å²) in [6, 6.07) is 12.0. The summed E-state index contributed by atoms with van der Waals surface area (Å²) in [5.74, 6) is 0. The number of benzene rings is 1. The van der Waals surface area contributed by atoms with Gasteiger partial charge in [0.2, 0.25) is 0 Å². The van der Waals surface area contributed by atoms with E-state index in [2.05, 4.69) is 26.1 Å². The summed E-state index contributed by atoms with van der Waals surface area (Å²) < 4.78 is 1.07. The molecule has 0 saturated heterocycles. The zero-order valence-electron chi connectivity index (χ0n) is 7.74. The van der Waals surface area contributed by atoms with E-state index in [1.54, 1.807) is 0 Å². The van der Waals surface area contributed by atoms with Crippen molar-refractivity contribution in [2.24, 2.45) is 0 Å². The van der Waals surface area contributed by atoms with E-state index >= 15 is 0 Å². The smallest absolute Gasteiger partial charge is 0.0929 e. The Morgan fingerprint density at radius 1 is 0.929 bits per heavy atom. The normalized spacial score (nSPS) is 10.1. The predicted octanol–water partition coefficient (Wildman–Crippen LogP) is 3.21. The van der Waals surface area contributed by atoms with Gasteiger partial charge in [0.15, 0.2) is 0 Å². The minimum absolute atomic E-state index is 0.906. The first kappa shape index (κ1) is 9.34. The van der Waals surface area contributed by atoms with Gasteiger partial charge in [-0.1, -0.05) is 28.1 Å². The number of hydrogen-bond donors (Lipinski definition) is 0. The highest BCUT2D eigenvalue weighted by atomic mass is 79.9. The summed E-state index contributed by atoms with van der Waals surface area (Å²) in [5.41, 5.74) is 2.93. The van der Waals surface area contributed by atoms with E-state index in [0.29, 0.717) is 0 Å². The van der Waals surface area contributed by atoms with Crippen LogP contribution in [-0.4, -0.2) is 10.2 Å². The fraction of sp³-hybridized carbons (Fsp3) is 0.0909. The lowest BCUT2D eigenvalue weighted by molar-refractivity contribution is 0.987. The van der Waals surface area contributed by atoms with Crippen LogP contribution in [-0.2, 0) is 0 Å². The van der Waals surface area contributed by atoms with E-state index in [9.17, 15) is 0 Å². The lowest BCUT2D eigenvalue weighted by Crippen LogP contribution is -1.88. The molecular weight excluding hydrogens is 240 g/mol. The van der Waals surface area contributed by atoms with Crippen molar-refractivity contribution in [3.63, 3.8) is 0 Å². The third-order valence-electron chi connectivity index (χ3n) is 1.94. The van der Waals surface area contributed by atoms with Crippen molar-refractivity contribution >= 4 is 15.9 Å². The van der Waals surface area contributed by atoms with Crippen molar-refractivity contribution in [3.05, 3.63) is 46.6 Å². The van der Waals surface area contributed by atoms with Crippen molar-refractivity contribution in [3.8, 4) is 11.3 Å². The number of aromatic nitrogens is 2. The molecule has 0 aliphatic heterocycles. The highest BCUT2D eigenvalue weighted by Gasteiger charge is 1.98. The van der Waals surface area contributed by atoms with E-state index in [4.69, 9.17) is 0 Å². The van der Waals surface area contributed by atoms with Crippen LogP contribution in [0.25, 0.3) is 11.3 Å². The standard InChI is InChI=1S/C11H9BrN2/c1-8-2-7-11(14-13-8)9-3-5-10(12)6-4-9/h2-7H,1H3. The minimum Gasteiger partial charge on any atom is -0.155 e. The molecule has 0 amide bonds. The SMILES string of the molecule is Cc1ccc(-c2ccc(Br)cc2)nn1. The molecule has 0 radical (unpaired) electrons. The summed E-state index contributed by atoms with van der Waals surface area (Å²) in [5, 5.41) is 8.13. The van der Waals surface area contributed by atoms with Crippen molar-refractivity contribution in [1.82, 2.24) is 10.2 Å². The summed E-state index contributed by atoms with van der Waals surface area (Å²) in [7, 11) is 0. The first-order valence-electron chi connectivity index (χ1n) is 4.32. The van der Waals surface area contributed by atoms with E-state index in [0.717, 1.165) is 21.4 Å². The second-order valence-corrected chi connectivity index (χ2v) is 3.98. The number of rotatable bonds is 1. The van der Waals surface area contributed by atoms with Gasteiger partial charge in [0.05, 0.1) is 11.4 Å². The van der Waals surface area contributed by atoms with Gasteiger partial charge in [-0.25, -0.2) is 0 Å². The molecule has 2 nitrogen and oxygen atoms in total. The lowest BCUT2D eigenvalue weighted by Gasteiger charge is -1.99. The number of aryl methyl sites for hydroxylation is 1. The molecule has 1 heterocycles. The van der Waals surface area contributed by atoms with Gasteiger partial charge >= 0.3 is 0 Å². The van der Waals surface area contributed by atoms with Gasteiger partial charge in [-0.3, -0.25) is 0 Å². The highest BCUT2D eigenvalue weighted by Crippen LogP contribution is 2.18. The fourth-order valence-electron chi connectivity index (χ4n) is 1.17. The van der Waals surface area contributed by atoms with Crippen molar-refractivity contribution in [1.29, 1.82) is 0 Å². The maximum atomic E-state index is 4.11. The second kappa shape index (κ2) is 3.88. The molecule has 0 spiro atoms. The van der Waals surface area contributed by atoms with E-state index in [1.165, 1.54) is 0 Å². The summed E-state index contributed by atoms with van der Waals surface area (Å²) in [6.45, 7) is 1.93. The molecule has 0 saturated carbocycles. The van der Waals surface area contributed by atoms with Crippen LogP contribution in [0.15, 0.2) is 40.9 Å². The molecular formula is C11H9BrN2. The van der Waals surface area contributed by atoms with E-state index in [1.807, 2.05) is 43.3 Å². The van der Waals surface area contributed by atoms with Gasteiger partial charge in [-0.2, -0.15) is 10.2 Å². The fourth-order valence-corrected chi connectivity index (χ4v) is 1.44. The summed E-state index contributed by atoms with van der Waals surface area (Å²) in [6.07, 6.45) is 0. The van der Waals surface area contributed by atoms with Crippen LogP contribution in [0, 0.1) is 6.92 Å². The molecule has 2 rings (SSSR count). The van der Waals surface area contributed by atoms with Crippen molar-refractivity contribution in [2.45, 2.75) is 6.92 Å². The molecule has 14 heavy (non-hydrogen) atoms. The van der Waals surface area contributed by atoms with Crippen molar-refractivity contribution < 1.29 is 0 Å². The van der Waals surface area contributed by atoms with Gasteiger partial charge in [0, 0.05) is 10.0 Å². The maximum absolute atomic E-state index is 4.11. The Morgan fingerprint density at radius 3 is 2.21 bits per heavy atom. The molecule has 0 aliphatic rings. The van der Waals surface area contributed by atoms with Gasteiger partial charge in [0.25, 0.3) is 0 Å². The predicted molar refractivity (Wildman–Crippen MR) is 59.9 cm³/mol. The zero-order chi connectivity index (χ0) is 9.97. The highest BCUT2D eigenvalue weighted by molar-refractivity contribution is 9.10. The largest absolute Gasteiger partial charge is 0.155 e. The van der Waals surface area contributed by atoms with Gasteiger partial charge in [-0.05, 0) is 31.2 Å². The molecule has 2 aromatic rings. The number of halogens is 1.